The highest BCUT2D eigenvalue weighted by Gasteiger charge is 2.19. The molecule has 0 radical (unpaired) electrons. The molecular weight excluding hydrogens is 255 g/mol. The third-order valence-corrected chi connectivity index (χ3v) is 3.43. The summed E-state index contributed by atoms with van der Waals surface area (Å²) in [7, 11) is 0. The predicted molar refractivity (Wildman–Crippen MR) is 73.8 cm³/mol. The van der Waals surface area contributed by atoms with Gasteiger partial charge in [0.05, 0.1) is 6.04 Å². The molecule has 1 saturated heterocycles. The molecule has 17 heavy (non-hydrogen) atoms. The van der Waals surface area contributed by atoms with Crippen LogP contribution in [0.1, 0.15) is 11.6 Å². The summed E-state index contributed by atoms with van der Waals surface area (Å²) in [6.45, 7) is 7.98. The molecule has 4 heteroatoms. The Labute approximate surface area is 112 Å². The highest BCUT2D eigenvalue weighted by atomic mass is 35.5. The fourth-order valence-corrected chi connectivity index (χ4v) is 2.75. The Bertz CT molecular complexity index is 380. The average molecular weight is 271 g/mol. The fraction of sp³-hybridized carbons (Fsp3) is 0.385. The highest BCUT2D eigenvalue weighted by Crippen LogP contribution is 2.28. The molecule has 1 aromatic carbocycles. The fourth-order valence-electron chi connectivity index (χ4n) is 2.20. The Kier molecular flexibility index (Phi) is 4.46. The summed E-state index contributed by atoms with van der Waals surface area (Å²) in [6.07, 6.45) is 1.95. The van der Waals surface area contributed by atoms with Crippen molar-refractivity contribution in [2.75, 3.05) is 26.2 Å². The zero-order valence-electron chi connectivity index (χ0n) is 9.63. The topological polar surface area (TPSA) is 15.3 Å². The maximum absolute atomic E-state index is 6.04. The van der Waals surface area contributed by atoms with Gasteiger partial charge in [0.15, 0.2) is 0 Å². The summed E-state index contributed by atoms with van der Waals surface area (Å²) < 4.78 is 0. The van der Waals surface area contributed by atoms with Crippen molar-refractivity contribution in [1.82, 2.24) is 10.2 Å². The SMILES string of the molecule is C=C[C@@H](c1cc(Cl)cc(Cl)c1)N1CCNCC1. The van der Waals surface area contributed by atoms with Gasteiger partial charge in [0, 0.05) is 36.2 Å². The molecule has 2 nitrogen and oxygen atoms in total. The lowest BCUT2D eigenvalue weighted by atomic mass is 10.0. The molecule has 0 bridgehead atoms. The minimum atomic E-state index is 0.188. The minimum absolute atomic E-state index is 0.188. The highest BCUT2D eigenvalue weighted by molar-refractivity contribution is 6.34. The lowest BCUT2D eigenvalue weighted by Crippen LogP contribution is -2.44. The molecule has 0 unspecified atom stereocenters. The Balaban J connectivity index is 2.24. The van der Waals surface area contributed by atoms with Crippen molar-refractivity contribution in [2.24, 2.45) is 0 Å². The Morgan fingerprint density at radius 1 is 1.18 bits per heavy atom. The molecule has 1 fully saturated rings. The molecule has 0 spiro atoms. The van der Waals surface area contributed by atoms with E-state index in [4.69, 9.17) is 23.2 Å². The van der Waals surface area contributed by atoms with Crippen molar-refractivity contribution >= 4 is 23.2 Å². The van der Waals surface area contributed by atoms with E-state index in [0.29, 0.717) is 10.0 Å². The molecule has 0 saturated carbocycles. The second kappa shape index (κ2) is 5.87. The van der Waals surface area contributed by atoms with Gasteiger partial charge in [-0.1, -0.05) is 29.3 Å². The van der Waals surface area contributed by atoms with E-state index in [2.05, 4.69) is 16.8 Å². The summed E-state index contributed by atoms with van der Waals surface area (Å²) >= 11 is 12.1. The van der Waals surface area contributed by atoms with Crippen LogP contribution < -0.4 is 5.32 Å². The van der Waals surface area contributed by atoms with E-state index < -0.39 is 0 Å². The molecule has 0 aromatic heterocycles. The van der Waals surface area contributed by atoms with Gasteiger partial charge < -0.3 is 5.32 Å². The maximum atomic E-state index is 6.04. The van der Waals surface area contributed by atoms with Crippen LogP contribution in [0.4, 0.5) is 0 Å². The molecule has 1 N–H and O–H groups in total. The van der Waals surface area contributed by atoms with Crippen LogP contribution in [0.2, 0.25) is 10.0 Å². The number of piperazine rings is 1. The molecule has 1 aliphatic rings. The third kappa shape index (κ3) is 3.23. The van der Waals surface area contributed by atoms with E-state index in [-0.39, 0.29) is 6.04 Å². The van der Waals surface area contributed by atoms with Crippen LogP contribution in [0.25, 0.3) is 0 Å². The number of nitrogens with one attached hydrogen (secondary N) is 1. The smallest absolute Gasteiger partial charge is 0.0531 e. The number of nitrogens with zero attached hydrogens (tertiary/aromatic N) is 1. The number of benzene rings is 1. The van der Waals surface area contributed by atoms with Crippen LogP contribution >= 0.6 is 23.2 Å². The Morgan fingerprint density at radius 3 is 2.29 bits per heavy atom. The molecular formula is C13H16Cl2N2. The first-order chi connectivity index (χ1) is 8.20. The van der Waals surface area contributed by atoms with Crippen LogP contribution in [0.15, 0.2) is 30.9 Å². The minimum Gasteiger partial charge on any atom is -0.314 e. The van der Waals surface area contributed by atoms with Gasteiger partial charge in [0.25, 0.3) is 0 Å². The third-order valence-electron chi connectivity index (χ3n) is 2.99. The van der Waals surface area contributed by atoms with Crippen LogP contribution in [0.5, 0.6) is 0 Å². The monoisotopic (exact) mass is 270 g/mol. The molecule has 0 aliphatic carbocycles. The van der Waals surface area contributed by atoms with Crippen molar-refractivity contribution in [2.45, 2.75) is 6.04 Å². The van der Waals surface area contributed by atoms with E-state index in [1.807, 2.05) is 18.2 Å². The Hall–Kier alpha value is -0.540. The van der Waals surface area contributed by atoms with E-state index in [1.54, 1.807) is 6.07 Å². The van der Waals surface area contributed by atoms with Crippen molar-refractivity contribution in [3.05, 3.63) is 46.5 Å². The first-order valence-corrected chi connectivity index (χ1v) is 6.49. The first kappa shape index (κ1) is 12.9. The van der Waals surface area contributed by atoms with Crippen LogP contribution in [-0.4, -0.2) is 31.1 Å². The van der Waals surface area contributed by atoms with E-state index in [9.17, 15) is 0 Å². The summed E-state index contributed by atoms with van der Waals surface area (Å²) in [6, 6.07) is 5.86. The van der Waals surface area contributed by atoms with Gasteiger partial charge in [0.1, 0.15) is 0 Å². The molecule has 1 aliphatic heterocycles. The molecule has 1 heterocycles. The quantitative estimate of drug-likeness (QED) is 0.850. The average Bonchev–Trinajstić information content (AvgIpc) is 2.30. The van der Waals surface area contributed by atoms with Crippen LogP contribution in [-0.2, 0) is 0 Å². The summed E-state index contributed by atoms with van der Waals surface area (Å²) in [4.78, 5) is 2.38. The van der Waals surface area contributed by atoms with Gasteiger partial charge in [-0.2, -0.15) is 0 Å². The van der Waals surface area contributed by atoms with Crippen LogP contribution in [0, 0.1) is 0 Å². The van der Waals surface area contributed by atoms with Crippen molar-refractivity contribution < 1.29 is 0 Å². The molecule has 1 aromatic rings. The standard InChI is InChI=1S/C13H16Cl2N2/c1-2-13(17-5-3-16-4-6-17)10-7-11(14)9-12(15)8-10/h2,7-9,13,16H,1,3-6H2/t13-/m0/s1. The van der Waals surface area contributed by atoms with Gasteiger partial charge in [0.2, 0.25) is 0 Å². The number of hydrogen-bond donors (Lipinski definition) is 1. The largest absolute Gasteiger partial charge is 0.314 e. The van der Waals surface area contributed by atoms with Crippen molar-refractivity contribution in [3.8, 4) is 0 Å². The normalized spacial score (nSPS) is 18.9. The van der Waals surface area contributed by atoms with Crippen molar-refractivity contribution in [3.63, 3.8) is 0 Å². The first-order valence-electron chi connectivity index (χ1n) is 5.74. The maximum Gasteiger partial charge on any atom is 0.0531 e. The van der Waals surface area contributed by atoms with E-state index >= 15 is 0 Å². The van der Waals surface area contributed by atoms with Gasteiger partial charge in [-0.15, -0.1) is 6.58 Å². The lowest BCUT2D eigenvalue weighted by molar-refractivity contribution is 0.203. The zero-order valence-corrected chi connectivity index (χ0v) is 11.1. The molecule has 92 valence electrons. The van der Waals surface area contributed by atoms with E-state index in [1.165, 1.54) is 0 Å². The van der Waals surface area contributed by atoms with Gasteiger partial charge in [-0.3, -0.25) is 4.90 Å². The summed E-state index contributed by atoms with van der Waals surface area (Å²) in [5.41, 5.74) is 1.11. The predicted octanol–water partition coefficient (Wildman–Crippen LogP) is 3.13. The van der Waals surface area contributed by atoms with Gasteiger partial charge in [-0.25, -0.2) is 0 Å². The van der Waals surface area contributed by atoms with E-state index in [0.717, 1.165) is 31.7 Å². The van der Waals surface area contributed by atoms with Gasteiger partial charge in [-0.05, 0) is 23.8 Å². The second-order valence-corrected chi connectivity index (χ2v) is 5.04. The van der Waals surface area contributed by atoms with Crippen LogP contribution in [0.3, 0.4) is 0 Å². The van der Waals surface area contributed by atoms with Gasteiger partial charge >= 0.3 is 0 Å². The van der Waals surface area contributed by atoms with Crippen molar-refractivity contribution in [1.29, 1.82) is 0 Å². The molecule has 2 rings (SSSR count). The lowest BCUT2D eigenvalue weighted by Gasteiger charge is -2.33. The summed E-state index contributed by atoms with van der Waals surface area (Å²) in [5.74, 6) is 0. The number of halogens is 2. The summed E-state index contributed by atoms with van der Waals surface area (Å²) in [5, 5.41) is 4.69. The number of rotatable bonds is 3. The Morgan fingerprint density at radius 2 is 1.76 bits per heavy atom. The second-order valence-electron chi connectivity index (χ2n) is 4.17. The number of hydrogen-bond acceptors (Lipinski definition) is 2. The zero-order chi connectivity index (χ0) is 12.3. The molecule has 1 atom stereocenters. The molecule has 0 amide bonds.